The van der Waals surface area contributed by atoms with Gasteiger partial charge in [0.25, 0.3) is 5.91 Å². The Hall–Kier alpha value is -2.53. The van der Waals surface area contributed by atoms with Crippen LogP contribution in [-0.2, 0) is 4.79 Å². The first-order valence-corrected chi connectivity index (χ1v) is 5.38. The first-order chi connectivity index (χ1) is 8.67. The maximum absolute atomic E-state index is 11.7. The molecule has 0 radical (unpaired) electrons. The number of benzene rings is 1. The summed E-state index contributed by atoms with van der Waals surface area (Å²) >= 11 is 0. The van der Waals surface area contributed by atoms with Gasteiger partial charge in [0.1, 0.15) is 18.8 Å². The molecule has 0 unspecified atom stereocenters. The smallest absolute Gasteiger partial charge is 0.262 e. The molecule has 0 aliphatic rings. The van der Waals surface area contributed by atoms with Crippen molar-refractivity contribution in [2.24, 2.45) is 0 Å². The van der Waals surface area contributed by atoms with Gasteiger partial charge in [-0.25, -0.2) is 0 Å². The van der Waals surface area contributed by atoms with Gasteiger partial charge in [-0.2, -0.15) is 10.5 Å². The number of ether oxygens (including phenoxy) is 1. The fourth-order valence-electron chi connectivity index (χ4n) is 1.34. The molecule has 0 atom stereocenters. The SMILES string of the molecule is Cc1cccc(OCC(=O)N(CC#N)CC#N)c1. The molecule has 0 saturated heterocycles. The fourth-order valence-corrected chi connectivity index (χ4v) is 1.34. The number of aryl methyl sites for hydroxylation is 1. The molecule has 5 heteroatoms. The van der Waals surface area contributed by atoms with Gasteiger partial charge in [-0.3, -0.25) is 4.79 Å². The summed E-state index contributed by atoms with van der Waals surface area (Å²) < 4.78 is 5.31. The Kier molecular flexibility index (Phi) is 5.21. The number of hydrogen-bond acceptors (Lipinski definition) is 4. The van der Waals surface area contributed by atoms with Gasteiger partial charge in [0.2, 0.25) is 0 Å². The molecule has 0 heterocycles. The Balaban J connectivity index is 2.54. The van der Waals surface area contributed by atoms with Crippen molar-refractivity contribution < 1.29 is 9.53 Å². The zero-order chi connectivity index (χ0) is 13.4. The molecule has 0 aliphatic heterocycles. The lowest BCUT2D eigenvalue weighted by molar-refractivity contribution is -0.132. The van der Waals surface area contributed by atoms with Crippen molar-refractivity contribution in [1.29, 1.82) is 10.5 Å². The summed E-state index contributed by atoms with van der Waals surface area (Å²) in [5.41, 5.74) is 1.03. The van der Waals surface area contributed by atoms with E-state index in [0.717, 1.165) is 10.5 Å². The monoisotopic (exact) mass is 243 g/mol. The molecule has 0 N–H and O–H groups in total. The quantitative estimate of drug-likeness (QED) is 0.729. The van der Waals surface area contributed by atoms with Crippen LogP contribution >= 0.6 is 0 Å². The third-order valence-electron chi connectivity index (χ3n) is 2.23. The Labute approximate surface area is 106 Å². The third kappa shape index (κ3) is 4.15. The molecule has 0 saturated carbocycles. The van der Waals surface area contributed by atoms with E-state index < -0.39 is 0 Å². The largest absolute Gasteiger partial charge is 0.484 e. The number of amides is 1. The van der Waals surface area contributed by atoms with Gasteiger partial charge >= 0.3 is 0 Å². The lowest BCUT2D eigenvalue weighted by Crippen LogP contribution is -2.35. The summed E-state index contributed by atoms with van der Waals surface area (Å²) in [6.45, 7) is 1.53. The van der Waals surface area contributed by atoms with Crippen LogP contribution in [0.2, 0.25) is 0 Å². The lowest BCUT2D eigenvalue weighted by Gasteiger charge is -2.16. The van der Waals surface area contributed by atoms with Crippen LogP contribution in [0.5, 0.6) is 5.75 Å². The highest BCUT2D eigenvalue weighted by molar-refractivity contribution is 5.78. The number of nitrogens with zero attached hydrogens (tertiary/aromatic N) is 3. The summed E-state index contributed by atoms with van der Waals surface area (Å²) in [5.74, 6) is 0.219. The number of carbonyl (C=O) groups is 1. The minimum atomic E-state index is -0.375. The van der Waals surface area contributed by atoms with Gasteiger partial charge < -0.3 is 9.64 Å². The molecular formula is C13H13N3O2. The van der Waals surface area contributed by atoms with Crippen LogP contribution in [0.3, 0.4) is 0 Å². The summed E-state index contributed by atoms with van der Waals surface area (Å²) in [4.78, 5) is 12.8. The van der Waals surface area contributed by atoms with Crippen molar-refractivity contribution in [1.82, 2.24) is 4.90 Å². The van der Waals surface area contributed by atoms with Crippen molar-refractivity contribution in [3.63, 3.8) is 0 Å². The zero-order valence-electron chi connectivity index (χ0n) is 10.1. The van der Waals surface area contributed by atoms with Crippen molar-refractivity contribution in [2.45, 2.75) is 6.92 Å². The van der Waals surface area contributed by atoms with Crippen LogP contribution in [-0.4, -0.2) is 30.5 Å². The molecule has 92 valence electrons. The average Bonchev–Trinajstić information content (AvgIpc) is 2.36. The van der Waals surface area contributed by atoms with E-state index in [9.17, 15) is 4.79 Å². The van der Waals surface area contributed by atoms with Crippen LogP contribution < -0.4 is 4.74 Å². The highest BCUT2D eigenvalue weighted by atomic mass is 16.5. The number of carbonyl (C=O) groups excluding carboxylic acids is 1. The summed E-state index contributed by atoms with van der Waals surface area (Å²) in [6.07, 6.45) is 0. The molecular weight excluding hydrogens is 230 g/mol. The van der Waals surface area contributed by atoms with E-state index in [1.165, 1.54) is 0 Å². The van der Waals surface area contributed by atoms with Crippen molar-refractivity contribution in [2.75, 3.05) is 19.7 Å². The highest BCUT2D eigenvalue weighted by Gasteiger charge is 2.13. The second kappa shape index (κ2) is 6.93. The zero-order valence-corrected chi connectivity index (χ0v) is 10.1. The average molecular weight is 243 g/mol. The van der Waals surface area contributed by atoms with Crippen molar-refractivity contribution in [3.8, 4) is 17.9 Å². The normalized spacial score (nSPS) is 9.06. The molecule has 0 spiro atoms. The van der Waals surface area contributed by atoms with Crippen molar-refractivity contribution >= 4 is 5.91 Å². The minimum absolute atomic E-state index is 0.108. The van der Waals surface area contributed by atoms with Gasteiger partial charge in [-0.1, -0.05) is 12.1 Å². The van der Waals surface area contributed by atoms with Gasteiger partial charge in [-0.05, 0) is 24.6 Å². The van der Waals surface area contributed by atoms with E-state index in [-0.39, 0.29) is 25.6 Å². The molecule has 1 rings (SSSR count). The van der Waals surface area contributed by atoms with Crippen molar-refractivity contribution in [3.05, 3.63) is 29.8 Å². The molecule has 0 aliphatic carbocycles. The molecule has 1 amide bonds. The fraction of sp³-hybridized carbons (Fsp3) is 0.308. The van der Waals surface area contributed by atoms with Crippen LogP contribution in [0.4, 0.5) is 0 Å². The maximum Gasteiger partial charge on any atom is 0.262 e. The highest BCUT2D eigenvalue weighted by Crippen LogP contribution is 2.12. The molecule has 5 nitrogen and oxygen atoms in total. The molecule has 0 bridgehead atoms. The van der Waals surface area contributed by atoms with E-state index in [4.69, 9.17) is 15.3 Å². The first-order valence-electron chi connectivity index (χ1n) is 5.38. The van der Waals surface area contributed by atoms with E-state index >= 15 is 0 Å². The standard InChI is InChI=1S/C13H13N3O2/c1-11-3-2-4-12(9-11)18-10-13(17)16(7-5-14)8-6-15/h2-4,9H,7-8,10H2,1H3. The Morgan fingerprint density at radius 1 is 1.33 bits per heavy atom. The molecule has 1 aromatic rings. The first kappa shape index (κ1) is 13.5. The third-order valence-corrected chi connectivity index (χ3v) is 2.23. The lowest BCUT2D eigenvalue weighted by atomic mass is 10.2. The summed E-state index contributed by atoms with van der Waals surface area (Å²) in [7, 11) is 0. The van der Waals surface area contributed by atoms with Gasteiger partial charge in [0.05, 0.1) is 12.1 Å². The van der Waals surface area contributed by atoms with E-state index in [0.29, 0.717) is 5.75 Å². The number of rotatable bonds is 5. The molecule has 18 heavy (non-hydrogen) atoms. The van der Waals surface area contributed by atoms with Crippen LogP contribution in [0.25, 0.3) is 0 Å². The van der Waals surface area contributed by atoms with E-state index in [1.54, 1.807) is 6.07 Å². The van der Waals surface area contributed by atoms with Crippen LogP contribution in [0.1, 0.15) is 5.56 Å². The summed E-state index contributed by atoms with van der Waals surface area (Å²) in [5, 5.41) is 17.1. The second-order valence-corrected chi connectivity index (χ2v) is 3.67. The van der Waals surface area contributed by atoms with Gasteiger partial charge in [0.15, 0.2) is 6.61 Å². The van der Waals surface area contributed by atoms with Gasteiger partial charge in [0, 0.05) is 0 Å². The Bertz CT molecular complexity index is 484. The molecule has 0 aromatic heterocycles. The Morgan fingerprint density at radius 3 is 2.56 bits per heavy atom. The Morgan fingerprint density at radius 2 is 2.00 bits per heavy atom. The predicted molar refractivity (Wildman–Crippen MR) is 64.5 cm³/mol. The van der Waals surface area contributed by atoms with Gasteiger partial charge in [-0.15, -0.1) is 0 Å². The van der Waals surface area contributed by atoms with Crippen LogP contribution in [0, 0.1) is 29.6 Å². The second-order valence-electron chi connectivity index (χ2n) is 3.67. The molecule has 0 fully saturated rings. The number of nitriles is 2. The number of hydrogen-bond donors (Lipinski definition) is 0. The van der Waals surface area contributed by atoms with E-state index in [1.807, 2.05) is 37.3 Å². The predicted octanol–water partition coefficient (Wildman–Crippen LogP) is 1.25. The molecule has 1 aromatic carbocycles. The van der Waals surface area contributed by atoms with Crippen LogP contribution in [0.15, 0.2) is 24.3 Å². The minimum Gasteiger partial charge on any atom is -0.484 e. The summed E-state index contributed by atoms with van der Waals surface area (Å²) in [6, 6.07) is 11.0. The maximum atomic E-state index is 11.7. The van der Waals surface area contributed by atoms with E-state index in [2.05, 4.69) is 0 Å². The topological polar surface area (TPSA) is 77.1 Å².